The predicted octanol–water partition coefficient (Wildman–Crippen LogP) is 1.62. The molecule has 0 saturated carbocycles. The molecule has 1 atom stereocenters. The van der Waals surface area contributed by atoms with E-state index in [2.05, 4.69) is 10.3 Å². The summed E-state index contributed by atoms with van der Waals surface area (Å²) < 4.78 is 0. The zero-order chi connectivity index (χ0) is 9.97. The number of pyridine rings is 1. The highest BCUT2D eigenvalue weighted by molar-refractivity contribution is 6.30. The van der Waals surface area contributed by atoms with Crippen LogP contribution < -0.4 is 11.1 Å². The van der Waals surface area contributed by atoms with Crippen LogP contribution >= 0.6 is 11.6 Å². The zero-order valence-electron chi connectivity index (χ0n) is 7.96. The van der Waals surface area contributed by atoms with Crippen molar-refractivity contribution in [2.45, 2.75) is 25.4 Å². The molecule has 1 aliphatic heterocycles. The van der Waals surface area contributed by atoms with Gasteiger partial charge < -0.3 is 11.1 Å². The number of nitrogens with two attached hydrogens (primary N) is 1. The van der Waals surface area contributed by atoms with Gasteiger partial charge in [-0.2, -0.15) is 0 Å². The standard InChI is InChI=1S/C10H14ClN3/c11-10-7(6-12)3-4-9(14-10)8-2-1-5-13-8/h3-4,8,13H,1-2,5-6,12H2. The van der Waals surface area contributed by atoms with Crippen LogP contribution in [0, 0.1) is 0 Å². The van der Waals surface area contributed by atoms with E-state index in [4.69, 9.17) is 17.3 Å². The molecule has 4 heteroatoms. The molecule has 0 spiro atoms. The van der Waals surface area contributed by atoms with Gasteiger partial charge in [0.15, 0.2) is 0 Å². The third-order valence-corrected chi connectivity index (χ3v) is 2.91. The summed E-state index contributed by atoms with van der Waals surface area (Å²) in [7, 11) is 0. The molecule has 3 N–H and O–H groups in total. The molecular weight excluding hydrogens is 198 g/mol. The minimum atomic E-state index is 0.374. The average molecular weight is 212 g/mol. The van der Waals surface area contributed by atoms with Gasteiger partial charge in [-0.15, -0.1) is 0 Å². The molecule has 0 amide bonds. The van der Waals surface area contributed by atoms with Gasteiger partial charge in [-0.1, -0.05) is 17.7 Å². The van der Waals surface area contributed by atoms with E-state index in [0.717, 1.165) is 24.2 Å². The molecule has 1 aliphatic rings. The maximum atomic E-state index is 5.99. The maximum absolute atomic E-state index is 5.99. The van der Waals surface area contributed by atoms with Gasteiger partial charge in [0, 0.05) is 18.2 Å². The lowest BCUT2D eigenvalue weighted by molar-refractivity contribution is 0.627. The summed E-state index contributed by atoms with van der Waals surface area (Å²) in [5.74, 6) is 0. The largest absolute Gasteiger partial charge is 0.326 e. The molecule has 1 fully saturated rings. The summed E-state index contributed by atoms with van der Waals surface area (Å²) in [5.41, 5.74) is 7.46. The number of nitrogens with one attached hydrogen (secondary N) is 1. The van der Waals surface area contributed by atoms with Crippen molar-refractivity contribution in [2.24, 2.45) is 5.73 Å². The number of aromatic nitrogens is 1. The summed E-state index contributed by atoms with van der Waals surface area (Å²) in [6.45, 7) is 1.52. The monoisotopic (exact) mass is 211 g/mol. The zero-order valence-corrected chi connectivity index (χ0v) is 8.72. The Kier molecular flexibility index (Phi) is 3.01. The van der Waals surface area contributed by atoms with Crippen LogP contribution in [0.5, 0.6) is 0 Å². The quantitative estimate of drug-likeness (QED) is 0.731. The highest BCUT2D eigenvalue weighted by atomic mass is 35.5. The van der Waals surface area contributed by atoms with E-state index in [9.17, 15) is 0 Å². The molecule has 1 unspecified atom stereocenters. The molecule has 2 rings (SSSR count). The van der Waals surface area contributed by atoms with Crippen LogP contribution in [0.3, 0.4) is 0 Å². The topological polar surface area (TPSA) is 50.9 Å². The number of hydrogen-bond acceptors (Lipinski definition) is 3. The van der Waals surface area contributed by atoms with Gasteiger partial charge in [0.05, 0.1) is 5.69 Å². The summed E-state index contributed by atoms with van der Waals surface area (Å²) in [6.07, 6.45) is 2.36. The van der Waals surface area contributed by atoms with Crippen LogP contribution in [0.1, 0.15) is 30.1 Å². The first kappa shape index (κ1) is 9.90. The second kappa shape index (κ2) is 4.26. The minimum Gasteiger partial charge on any atom is -0.326 e. The van der Waals surface area contributed by atoms with Crippen molar-refractivity contribution in [2.75, 3.05) is 6.54 Å². The first-order chi connectivity index (χ1) is 6.81. The lowest BCUT2D eigenvalue weighted by Crippen LogP contribution is -2.14. The smallest absolute Gasteiger partial charge is 0.133 e. The number of rotatable bonds is 2. The SMILES string of the molecule is NCc1ccc(C2CCCN2)nc1Cl. The van der Waals surface area contributed by atoms with E-state index in [1.807, 2.05) is 12.1 Å². The molecule has 1 saturated heterocycles. The number of nitrogens with zero attached hydrogens (tertiary/aromatic N) is 1. The molecule has 0 radical (unpaired) electrons. The summed E-state index contributed by atoms with van der Waals surface area (Å²) >= 11 is 5.99. The Morgan fingerprint density at radius 1 is 1.57 bits per heavy atom. The van der Waals surface area contributed by atoms with Gasteiger partial charge in [0.25, 0.3) is 0 Å². The van der Waals surface area contributed by atoms with Crippen LogP contribution in [0.2, 0.25) is 5.15 Å². The maximum Gasteiger partial charge on any atom is 0.133 e. The second-order valence-corrected chi connectivity index (χ2v) is 3.90. The van der Waals surface area contributed by atoms with Gasteiger partial charge in [-0.25, -0.2) is 4.98 Å². The van der Waals surface area contributed by atoms with Crippen molar-refractivity contribution in [3.05, 3.63) is 28.5 Å². The average Bonchev–Trinajstić information content (AvgIpc) is 2.70. The molecule has 1 aromatic rings. The second-order valence-electron chi connectivity index (χ2n) is 3.54. The fraction of sp³-hybridized carbons (Fsp3) is 0.500. The van der Waals surface area contributed by atoms with Gasteiger partial charge in [-0.3, -0.25) is 0 Å². The van der Waals surface area contributed by atoms with Crippen molar-refractivity contribution in [1.29, 1.82) is 0 Å². The van der Waals surface area contributed by atoms with E-state index in [1.165, 1.54) is 6.42 Å². The molecule has 1 aromatic heterocycles. The molecule has 2 heterocycles. The van der Waals surface area contributed by atoms with Crippen molar-refractivity contribution in [3.8, 4) is 0 Å². The Hall–Kier alpha value is -0.640. The number of hydrogen-bond donors (Lipinski definition) is 2. The molecular formula is C10H14ClN3. The van der Waals surface area contributed by atoms with Crippen LogP contribution in [0.15, 0.2) is 12.1 Å². The lowest BCUT2D eigenvalue weighted by atomic mass is 10.1. The number of halogens is 1. The molecule has 0 bridgehead atoms. The van der Waals surface area contributed by atoms with E-state index in [1.54, 1.807) is 0 Å². The van der Waals surface area contributed by atoms with Gasteiger partial charge in [-0.05, 0) is 25.5 Å². The van der Waals surface area contributed by atoms with Gasteiger partial charge >= 0.3 is 0 Å². The Balaban J connectivity index is 2.23. The highest BCUT2D eigenvalue weighted by Gasteiger charge is 2.17. The highest BCUT2D eigenvalue weighted by Crippen LogP contribution is 2.23. The van der Waals surface area contributed by atoms with E-state index < -0.39 is 0 Å². The van der Waals surface area contributed by atoms with Crippen molar-refractivity contribution in [1.82, 2.24) is 10.3 Å². The predicted molar refractivity (Wildman–Crippen MR) is 57.1 cm³/mol. The molecule has 0 aliphatic carbocycles. The van der Waals surface area contributed by atoms with Crippen LogP contribution in [0.25, 0.3) is 0 Å². The Morgan fingerprint density at radius 2 is 2.43 bits per heavy atom. The Bertz CT molecular complexity index is 321. The van der Waals surface area contributed by atoms with E-state index in [0.29, 0.717) is 17.7 Å². The van der Waals surface area contributed by atoms with Crippen molar-refractivity contribution in [3.63, 3.8) is 0 Å². The summed E-state index contributed by atoms with van der Waals surface area (Å²) in [6, 6.07) is 4.35. The van der Waals surface area contributed by atoms with Crippen LogP contribution in [-0.4, -0.2) is 11.5 Å². The van der Waals surface area contributed by atoms with Crippen molar-refractivity contribution < 1.29 is 0 Å². The normalized spacial score (nSPS) is 21.4. The third kappa shape index (κ3) is 1.90. The van der Waals surface area contributed by atoms with Crippen LogP contribution in [0.4, 0.5) is 0 Å². The fourth-order valence-electron chi connectivity index (χ4n) is 1.76. The third-order valence-electron chi connectivity index (χ3n) is 2.58. The lowest BCUT2D eigenvalue weighted by Gasteiger charge is -2.10. The molecule has 0 aromatic carbocycles. The fourth-order valence-corrected chi connectivity index (χ4v) is 2.00. The molecule has 3 nitrogen and oxygen atoms in total. The first-order valence-corrected chi connectivity index (χ1v) is 5.28. The minimum absolute atomic E-state index is 0.374. The molecule has 14 heavy (non-hydrogen) atoms. The first-order valence-electron chi connectivity index (χ1n) is 4.90. The van der Waals surface area contributed by atoms with Crippen molar-refractivity contribution >= 4 is 11.6 Å². The van der Waals surface area contributed by atoms with Gasteiger partial charge in [0.1, 0.15) is 5.15 Å². The summed E-state index contributed by atoms with van der Waals surface area (Å²) in [4.78, 5) is 4.35. The molecule has 76 valence electrons. The van der Waals surface area contributed by atoms with Crippen LogP contribution in [-0.2, 0) is 6.54 Å². The van der Waals surface area contributed by atoms with Gasteiger partial charge in [0.2, 0.25) is 0 Å². The van der Waals surface area contributed by atoms with E-state index in [-0.39, 0.29) is 0 Å². The van der Waals surface area contributed by atoms with E-state index >= 15 is 0 Å². The Morgan fingerprint density at radius 3 is 3.00 bits per heavy atom. The Labute approximate surface area is 88.7 Å². The summed E-state index contributed by atoms with van der Waals surface area (Å²) in [5, 5.41) is 3.93.